The lowest BCUT2D eigenvalue weighted by atomic mass is 10.1. The van der Waals surface area contributed by atoms with E-state index in [2.05, 4.69) is 112 Å². The predicted molar refractivity (Wildman–Crippen MR) is 176 cm³/mol. The maximum atomic E-state index is 7.28. The summed E-state index contributed by atoms with van der Waals surface area (Å²) in [5, 5.41) is 0.0770. The molecule has 0 unspecified atom stereocenters. The maximum Gasteiger partial charge on any atom is 0.192 e. The summed E-state index contributed by atoms with van der Waals surface area (Å²) in [5.74, 6) is 1.10. The molecule has 0 aromatic carbocycles. The molecule has 4 atom stereocenters. The quantitative estimate of drug-likeness (QED) is 0.303. The Kier molecular flexibility index (Phi) is 9.28. The van der Waals surface area contributed by atoms with Crippen molar-refractivity contribution in [2.24, 2.45) is 0 Å². The van der Waals surface area contributed by atoms with Gasteiger partial charge in [0.05, 0.1) is 6.61 Å². The topological polar surface area (TPSA) is 107 Å². The molecule has 41 heavy (non-hydrogen) atoms. The van der Waals surface area contributed by atoms with Crippen molar-refractivity contribution < 1.29 is 18.0 Å². The van der Waals surface area contributed by atoms with Gasteiger partial charge < -0.3 is 23.7 Å². The Hall–Kier alpha value is -1.16. The first-order valence-corrected chi connectivity index (χ1v) is 23.6. The number of aromatic nitrogens is 4. The van der Waals surface area contributed by atoms with Crippen molar-refractivity contribution in [3.63, 3.8) is 0 Å². The normalized spacial score (nSPS) is 23.5. The number of nitrogens with two attached hydrogens (primary N) is 1. The van der Waals surface area contributed by atoms with E-state index >= 15 is 0 Å². The second-order valence-corrected chi connectivity index (χ2v) is 30.6. The van der Waals surface area contributed by atoms with Gasteiger partial charge in [-0.3, -0.25) is 4.57 Å². The second kappa shape index (κ2) is 11.1. The lowest BCUT2D eigenvalue weighted by Crippen LogP contribution is -2.54. The second-order valence-electron chi connectivity index (χ2n) is 16.3. The molecule has 2 N–H and O–H groups in total. The van der Waals surface area contributed by atoms with Crippen LogP contribution in [0.4, 0.5) is 5.82 Å². The number of nitrogen functional groups attached to an aromatic ring is 1. The molecule has 3 rings (SSSR count). The van der Waals surface area contributed by atoms with E-state index in [0.717, 1.165) is 5.82 Å². The van der Waals surface area contributed by atoms with E-state index in [9.17, 15) is 0 Å². The number of fused-ring (bicyclic) bond motifs is 1. The van der Waals surface area contributed by atoms with Gasteiger partial charge >= 0.3 is 0 Å². The minimum absolute atomic E-state index is 0.00650. The Morgan fingerprint density at radius 3 is 1.78 bits per heavy atom. The summed E-state index contributed by atoms with van der Waals surface area (Å²) in [6.07, 6.45) is -0.0586. The van der Waals surface area contributed by atoms with E-state index in [1.54, 1.807) is 0 Å². The number of ether oxygens (including phenoxy) is 1. The van der Waals surface area contributed by atoms with Crippen LogP contribution in [0.15, 0.2) is 6.33 Å². The van der Waals surface area contributed by atoms with Gasteiger partial charge in [-0.15, -0.1) is 0 Å². The van der Waals surface area contributed by atoms with Crippen molar-refractivity contribution in [1.29, 1.82) is 0 Å². The van der Waals surface area contributed by atoms with Crippen LogP contribution in [-0.2, 0) is 18.0 Å². The largest absolute Gasteiger partial charge is 0.414 e. The Labute approximate surface area is 251 Å². The van der Waals surface area contributed by atoms with Gasteiger partial charge in [0.25, 0.3) is 0 Å². The van der Waals surface area contributed by atoms with Gasteiger partial charge in [0.15, 0.2) is 48.2 Å². The molecule has 0 aliphatic carbocycles. The lowest BCUT2D eigenvalue weighted by molar-refractivity contribution is -0.0479. The van der Waals surface area contributed by atoms with Crippen molar-refractivity contribution in [3.05, 3.63) is 12.2 Å². The van der Waals surface area contributed by atoms with Crippen molar-refractivity contribution >= 4 is 41.9 Å². The van der Waals surface area contributed by atoms with Gasteiger partial charge in [-0.25, -0.2) is 15.0 Å². The highest BCUT2D eigenvalue weighted by atomic mass is 28.4. The Morgan fingerprint density at radius 1 is 0.805 bits per heavy atom. The molecule has 12 heteroatoms. The van der Waals surface area contributed by atoms with E-state index in [1.165, 1.54) is 6.33 Å². The molecular formula is C29H57N5O4Si3. The minimum atomic E-state index is -2.27. The van der Waals surface area contributed by atoms with Crippen LogP contribution in [-0.4, -0.2) is 69.4 Å². The third kappa shape index (κ3) is 6.83. The van der Waals surface area contributed by atoms with Crippen LogP contribution in [0, 0.1) is 6.92 Å². The third-order valence-corrected chi connectivity index (χ3v) is 23.6. The third-order valence-electron chi connectivity index (χ3n) is 10.1. The fourth-order valence-electron chi connectivity index (χ4n) is 4.20. The van der Waals surface area contributed by atoms with Crippen molar-refractivity contribution in [2.45, 2.75) is 148 Å². The van der Waals surface area contributed by atoms with Crippen LogP contribution < -0.4 is 5.73 Å². The van der Waals surface area contributed by atoms with E-state index in [4.69, 9.17) is 28.7 Å². The molecule has 9 nitrogen and oxygen atoms in total. The van der Waals surface area contributed by atoms with Crippen LogP contribution in [0.2, 0.25) is 54.4 Å². The molecule has 0 radical (unpaired) electrons. The average Bonchev–Trinajstić information content (AvgIpc) is 3.27. The predicted octanol–water partition coefficient (Wildman–Crippen LogP) is 7.42. The first-order valence-electron chi connectivity index (χ1n) is 14.9. The molecule has 2 aromatic rings. The maximum absolute atomic E-state index is 7.28. The zero-order chi connectivity index (χ0) is 31.6. The molecular weight excluding hydrogens is 567 g/mol. The van der Waals surface area contributed by atoms with Gasteiger partial charge in [0.2, 0.25) is 0 Å². The number of hydrogen-bond donors (Lipinski definition) is 1. The Balaban J connectivity index is 2.20. The number of rotatable bonds is 8. The number of hydrogen-bond acceptors (Lipinski definition) is 8. The molecule has 1 saturated heterocycles. The van der Waals surface area contributed by atoms with Gasteiger partial charge in [-0.2, -0.15) is 0 Å². The van der Waals surface area contributed by atoms with Crippen LogP contribution in [0.3, 0.4) is 0 Å². The molecule has 0 amide bonds. The highest BCUT2D eigenvalue weighted by molar-refractivity contribution is 6.75. The molecule has 1 fully saturated rings. The first kappa shape index (κ1) is 34.3. The van der Waals surface area contributed by atoms with Crippen LogP contribution in [0.5, 0.6) is 0 Å². The monoisotopic (exact) mass is 623 g/mol. The Morgan fingerprint density at radius 2 is 1.29 bits per heavy atom. The van der Waals surface area contributed by atoms with Gasteiger partial charge in [0, 0.05) is 0 Å². The number of anilines is 1. The summed E-state index contributed by atoms with van der Waals surface area (Å²) in [7, 11) is -6.57. The molecule has 1 aliphatic heterocycles. The van der Waals surface area contributed by atoms with Crippen molar-refractivity contribution in [3.8, 4) is 0 Å². The number of nitrogens with zero attached hydrogens (tertiary/aromatic N) is 4. The van der Waals surface area contributed by atoms with Crippen molar-refractivity contribution in [1.82, 2.24) is 19.5 Å². The summed E-state index contributed by atoms with van der Waals surface area (Å²) in [6, 6.07) is 0. The molecule has 0 bridgehead atoms. The van der Waals surface area contributed by atoms with Crippen LogP contribution >= 0.6 is 0 Å². The molecule has 1 aliphatic rings. The summed E-state index contributed by atoms with van der Waals surface area (Å²) >= 11 is 0. The fourth-order valence-corrected chi connectivity index (χ4v) is 7.82. The molecule has 2 aromatic heterocycles. The average molecular weight is 624 g/mol. The highest BCUT2D eigenvalue weighted by Gasteiger charge is 2.55. The van der Waals surface area contributed by atoms with E-state index in [-0.39, 0.29) is 33.4 Å². The minimum Gasteiger partial charge on any atom is -0.414 e. The SMILES string of the molecule is Cc1nc2c(N)ncnc2n1[C@@H]1O[C@H](CO[Si](C)(C)C(C)(C)C)[C@@H](O[Si](C)(C)C(C)(C)C)[C@H]1O[Si](C)(C)C(C)(C)C. The number of imidazole rings is 1. The van der Waals surface area contributed by atoms with Crippen molar-refractivity contribution in [2.75, 3.05) is 12.3 Å². The molecule has 3 heterocycles. The van der Waals surface area contributed by atoms with E-state index < -0.39 is 31.2 Å². The first-order chi connectivity index (χ1) is 18.3. The summed E-state index contributed by atoms with van der Waals surface area (Å²) in [5.41, 5.74) is 7.44. The molecule has 0 spiro atoms. The Bertz CT molecular complexity index is 1230. The highest BCUT2D eigenvalue weighted by Crippen LogP contribution is 2.47. The summed E-state index contributed by atoms with van der Waals surface area (Å²) in [6.45, 7) is 36.5. The lowest BCUT2D eigenvalue weighted by Gasteiger charge is -2.44. The standard InChI is InChI=1S/C29H57N5O4Si3/c1-19-33-21-24(30)31-18-32-25(21)34(19)26-23(38-41(15,16)29(8,9)10)22(37-40(13,14)28(5,6)7)20(36-26)17-35-39(11,12)27(2,3)4/h18,20,22-23,26H,17H2,1-16H3,(H2,30,31,32)/t20-,22-,23-,26-/m1/s1. The van der Waals surface area contributed by atoms with E-state index in [1.807, 2.05) is 11.5 Å². The molecule has 234 valence electrons. The van der Waals surface area contributed by atoms with Crippen LogP contribution in [0.1, 0.15) is 74.4 Å². The summed E-state index contributed by atoms with van der Waals surface area (Å²) < 4.78 is 30.4. The van der Waals surface area contributed by atoms with E-state index in [0.29, 0.717) is 23.6 Å². The van der Waals surface area contributed by atoms with Gasteiger partial charge in [0.1, 0.15) is 30.5 Å². The zero-order valence-electron chi connectivity index (χ0n) is 28.6. The molecule has 0 saturated carbocycles. The smallest absolute Gasteiger partial charge is 0.192 e. The van der Waals surface area contributed by atoms with Crippen LogP contribution in [0.25, 0.3) is 11.2 Å². The van der Waals surface area contributed by atoms with Gasteiger partial charge in [-0.1, -0.05) is 62.3 Å². The van der Waals surface area contributed by atoms with Gasteiger partial charge in [-0.05, 0) is 61.3 Å². The number of aryl methyl sites for hydroxylation is 1. The summed E-state index contributed by atoms with van der Waals surface area (Å²) in [4.78, 5) is 13.5. The fraction of sp³-hybridized carbons (Fsp3) is 0.828. The zero-order valence-corrected chi connectivity index (χ0v) is 31.6.